The van der Waals surface area contributed by atoms with Crippen LogP contribution in [0.5, 0.6) is 0 Å². The lowest BCUT2D eigenvalue weighted by Crippen LogP contribution is -2.06. The topological polar surface area (TPSA) is 34.1 Å². The van der Waals surface area contributed by atoms with Crippen molar-refractivity contribution in [2.24, 2.45) is 0 Å². The summed E-state index contributed by atoms with van der Waals surface area (Å²) in [5, 5.41) is 0. The van der Waals surface area contributed by atoms with Gasteiger partial charge in [-0.05, 0) is 43.0 Å². The molecule has 2 heteroatoms. The Morgan fingerprint density at radius 2 is 1.65 bits per heavy atom. The molecule has 0 heterocycles. The van der Waals surface area contributed by atoms with Crippen molar-refractivity contribution in [2.75, 3.05) is 0 Å². The zero-order chi connectivity index (χ0) is 14.7. The fourth-order valence-corrected chi connectivity index (χ4v) is 2.22. The molecule has 0 N–H and O–H groups in total. The van der Waals surface area contributed by atoms with E-state index in [4.69, 9.17) is 0 Å². The van der Waals surface area contributed by atoms with Gasteiger partial charge in [0.2, 0.25) is 6.29 Å². The van der Waals surface area contributed by atoms with E-state index in [1.807, 2.05) is 44.4 Å². The summed E-state index contributed by atoms with van der Waals surface area (Å²) in [6.07, 6.45) is 2.85. The number of hydrogen-bond acceptors (Lipinski definition) is 2. The fourth-order valence-electron chi connectivity index (χ4n) is 2.22. The predicted octanol–water partition coefficient (Wildman–Crippen LogP) is 3.55. The maximum atomic E-state index is 12.5. The van der Waals surface area contributed by atoms with E-state index in [-0.39, 0.29) is 5.78 Å². The minimum Gasteiger partial charge on any atom is -0.289 e. The fraction of sp³-hybridized carbons (Fsp3) is 0.222. The van der Waals surface area contributed by atoms with Gasteiger partial charge in [0.25, 0.3) is 0 Å². The van der Waals surface area contributed by atoms with Gasteiger partial charge < -0.3 is 0 Å². The first-order valence-electron chi connectivity index (χ1n) is 6.70. The standard InChI is InChI=1S/C18H17O2/c1-4-14-5-7-15(8-6-14)18(20)17-10-9-16(11-19)12(2)13(17)3/h5-10H,4H2,1-3H3. The van der Waals surface area contributed by atoms with Crippen LogP contribution in [0.2, 0.25) is 0 Å². The minimum absolute atomic E-state index is 0.00861. The maximum absolute atomic E-state index is 12.5. The third-order valence-corrected chi connectivity index (χ3v) is 3.77. The maximum Gasteiger partial charge on any atom is 0.233 e. The Morgan fingerprint density at radius 1 is 1.00 bits per heavy atom. The van der Waals surface area contributed by atoms with Crippen LogP contribution in [0, 0.1) is 13.8 Å². The van der Waals surface area contributed by atoms with Crippen LogP contribution < -0.4 is 0 Å². The Balaban J connectivity index is 2.42. The number of carbonyl (C=O) groups excluding carboxylic acids is 2. The third kappa shape index (κ3) is 2.55. The quantitative estimate of drug-likeness (QED) is 0.792. The highest BCUT2D eigenvalue weighted by molar-refractivity contribution is 6.10. The van der Waals surface area contributed by atoms with Gasteiger partial charge in [0.15, 0.2) is 5.78 Å². The van der Waals surface area contributed by atoms with E-state index in [2.05, 4.69) is 6.92 Å². The molecule has 0 amide bonds. The van der Waals surface area contributed by atoms with Crippen LogP contribution in [0.4, 0.5) is 0 Å². The summed E-state index contributed by atoms with van der Waals surface area (Å²) in [5.41, 5.74) is 4.70. The van der Waals surface area contributed by atoms with Crippen LogP contribution in [0.25, 0.3) is 0 Å². The van der Waals surface area contributed by atoms with Gasteiger partial charge in [-0.2, -0.15) is 0 Å². The normalized spacial score (nSPS) is 10.3. The molecule has 0 bridgehead atoms. The van der Waals surface area contributed by atoms with E-state index >= 15 is 0 Å². The van der Waals surface area contributed by atoms with Gasteiger partial charge in [0.05, 0.1) is 0 Å². The lowest BCUT2D eigenvalue weighted by molar-refractivity contribution is 0.103. The molecule has 0 saturated heterocycles. The van der Waals surface area contributed by atoms with Crippen molar-refractivity contribution < 1.29 is 9.59 Å². The average molecular weight is 265 g/mol. The van der Waals surface area contributed by atoms with Crippen molar-refractivity contribution in [3.63, 3.8) is 0 Å². The molecule has 0 aliphatic carbocycles. The molecule has 0 fully saturated rings. The third-order valence-electron chi connectivity index (χ3n) is 3.77. The average Bonchev–Trinajstić information content (AvgIpc) is 2.49. The molecule has 0 atom stereocenters. The summed E-state index contributed by atoms with van der Waals surface area (Å²) in [7, 11) is 0. The van der Waals surface area contributed by atoms with E-state index in [0.717, 1.165) is 17.5 Å². The van der Waals surface area contributed by atoms with Gasteiger partial charge in [-0.15, -0.1) is 0 Å². The molecule has 101 valence electrons. The van der Waals surface area contributed by atoms with Crippen LogP contribution in [-0.4, -0.2) is 12.1 Å². The van der Waals surface area contributed by atoms with Gasteiger partial charge in [-0.1, -0.05) is 37.3 Å². The van der Waals surface area contributed by atoms with Crippen LogP contribution in [0.15, 0.2) is 36.4 Å². The number of aryl methyl sites for hydroxylation is 1. The molecule has 0 aliphatic rings. The molecule has 2 aromatic rings. The van der Waals surface area contributed by atoms with Crippen molar-refractivity contribution in [3.05, 3.63) is 69.8 Å². The Labute approximate surface area is 119 Å². The van der Waals surface area contributed by atoms with Gasteiger partial charge in [0.1, 0.15) is 0 Å². The van der Waals surface area contributed by atoms with E-state index < -0.39 is 0 Å². The second-order valence-electron chi connectivity index (χ2n) is 4.89. The Bertz CT molecular complexity index is 652. The first-order valence-corrected chi connectivity index (χ1v) is 6.70. The number of rotatable bonds is 4. The smallest absolute Gasteiger partial charge is 0.233 e. The van der Waals surface area contributed by atoms with Crippen molar-refractivity contribution >= 4 is 12.1 Å². The number of carbonyl (C=O) groups is 1. The lowest BCUT2D eigenvalue weighted by Gasteiger charge is -2.10. The van der Waals surface area contributed by atoms with Crippen molar-refractivity contribution in [3.8, 4) is 0 Å². The Kier molecular flexibility index (Phi) is 4.14. The van der Waals surface area contributed by atoms with Gasteiger partial charge in [0, 0.05) is 16.7 Å². The highest BCUT2D eigenvalue weighted by Gasteiger charge is 2.14. The summed E-state index contributed by atoms with van der Waals surface area (Å²) >= 11 is 0. The first kappa shape index (κ1) is 14.2. The molecule has 1 radical (unpaired) electrons. The zero-order valence-corrected chi connectivity index (χ0v) is 12.0. The molecule has 0 unspecified atom stereocenters. The first-order chi connectivity index (χ1) is 9.58. The molecule has 2 rings (SSSR count). The summed E-state index contributed by atoms with van der Waals surface area (Å²) in [5.74, 6) is -0.00861. The largest absolute Gasteiger partial charge is 0.289 e. The summed E-state index contributed by atoms with van der Waals surface area (Å²) in [6, 6.07) is 11.0. The van der Waals surface area contributed by atoms with Crippen LogP contribution in [0.3, 0.4) is 0 Å². The predicted molar refractivity (Wildman–Crippen MR) is 80.0 cm³/mol. The van der Waals surface area contributed by atoms with Gasteiger partial charge >= 0.3 is 0 Å². The number of benzene rings is 2. The highest BCUT2D eigenvalue weighted by atomic mass is 16.1. The Morgan fingerprint density at radius 3 is 2.20 bits per heavy atom. The molecular weight excluding hydrogens is 248 g/mol. The number of ketones is 1. The second kappa shape index (κ2) is 5.83. The summed E-state index contributed by atoms with van der Waals surface area (Å²) in [4.78, 5) is 23.3. The second-order valence-corrected chi connectivity index (χ2v) is 4.89. The monoisotopic (exact) mass is 265 g/mol. The van der Waals surface area contributed by atoms with E-state index in [0.29, 0.717) is 16.7 Å². The SMILES string of the molecule is CCc1ccc(C(=O)c2ccc([C]=O)c(C)c2C)cc1. The van der Waals surface area contributed by atoms with Crippen LogP contribution in [-0.2, 0) is 11.2 Å². The molecule has 0 saturated carbocycles. The molecule has 0 aromatic heterocycles. The zero-order valence-electron chi connectivity index (χ0n) is 12.0. The van der Waals surface area contributed by atoms with E-state index in [1.54, 1.807) is 12.1 Å². The highest BCUT2D eigenvalue weighted by Crippen LogP contribution is 2.20. The molecular formula is C18H17O2. The van der Waals surface area contributed by atoms with Crippen molar-refractivity contribution in [1.82, 2.24) is 0 Å². The lowest BCUT2D eigenvalue weighted by atomic mass is 9.93. The summed E-state index contributed by atoms with van der Waals surface area (Å²) < 4.78 is 0. The molecule has 2 aromatic carbocycles. The van der Waals surface area contributed by atoms with E-state index in [1.165, 1.54) is 5.56 Å². The molecule has 0 spiro atoms. The minimum atomic E-state index is -0.00861. The van der Waals surface area contributed by atoms with Crippen LogP contribution >= 0.6 is 0 Å². The molecule has 0 aliphatic heterocycles. The van der Waals surface area contributed by atoms with Crippen molar-refractivity contribution in [1.29, 1.82) is 0 Å². The van der Waals surface area contributed by atoms with Gasteiger partial charge in [-0.3, -0.25) is 9.59 Å². The molecule has 20 heavy (non-hydrogen) atoms. The number of hydrogen-bond donors (Lipinski definition) is 0. The van der Waals surface area contributed by atoms with Gasteiger partial charge in [-0.25, -0.2) is 0 Å². The molecule has 2 nitrogen and oxygen atoms in total. The Hall–Kier alpha value is -2.22. The van der Waals surface area contributed by atoms with E-state index in [9.17, 15) is 9.59 Å². The summed E-state index contributed by atoms with van der Waals surface area (Å²) in [6.45, 7) is 5.79. The van der Waals surface area contributed by atoms with Crippen LogP contribution in [0.1, 0.15) is 45.1 Å². The van der Waals surface area contributed by atoms with Crippen molar-refractivity contribution in [2.45, 2.75) is 27.2 Å².